The molecule has 0 aromatic heterocycles. The number of methoxy groups -OCH3 is 1. The van der Waals surface area contributed by atoms with Gasteiger partial charge in [-0.05, 0) is 30.3 Å². The molecule has 0 aliphatic carbocycles. The molecule has 2 rings (SSSR count). The molecule has 6 heteroatoms. The van der Waals surface area contributed by atoms with E-state index in [1.54, 1.807) is 0 Å². The number of halogens is 2. The van der Waals surface area contributed by atoms with Gasteiger partial charge in [0.25, 0.3) is 5.91 Å². The van der Waals surface area contributed by atoms with Crippen molar-refractivity contribution in [2.24, 2.45) is 0 Å². The third-order valence-electron chi connectivity index (χ3n) is 2.63. The topological polar surface area (TPSA) is 58.6 Å². The average Bonchev–Trinajstić information content (AvgIpc) is 2.41. The zero-order chi connectivity index (χ0) is 14.7. The highest BCUT2D eigenvalue weighted by Crippen LogP contribution is 2.25. The van der Waals surface area contributed by atoms with Crippen molar-refractivity contribution in [1.82, 2.24) is 0 Å². The first-order valence-electron chi connectivity index (χ1n) is 5.64. The number of carbonyl (C=O) groups excluding carboxylic acids is 1. The molecule has 0 atom stereocenters. The van der Waals surface area contributed by atoms with Gasteiger partial charge in [0.15, 0.2) is 0 Å². The Kier molecular flexibility index (Phi) is 4.10. The molecular formula is C14H11ClFNO3. The van der Waals surface area contributed by atoms with E-state index >= 15 is 0 Å². The number of amides is 1. The van der Waals surface area contributed by atoms with Crippen LogP contribution in [0, 0.1) is 5.82 Å². The summed E-state index contributed by atoms with van der Waals surface area (Å²) in [6.07, 6.45) is 0. The van der Waals surface area contributed by atoms with Crippen LogP contribution < -0.4 is 10.1 Å². The van der Waals surface area contributed by atoms with Gasteiger partial charge >= 0.3 is 0 Å². The van der Waals surface area contributed by atoms with Crippen LogP contribution in [0.4, 0.5) is 10.1 Å². The molecule has 2 aromatic carbocycles. The summed E-state index contributed by atoms with van der Waals surface area (Å²) in [5.74, 6) is -1.13. The van der Waals surface area contributed by atoms with E-state index in [1.807, 2.05) is 0 Å². The lowest BCUT2D eigenvalue weighted by Gasteiger charge is -2.09. The van der Waals surface area contributed by atoms with Crippen LogP contribution in [0.5, 0.6) is 11.5 Å². The first-order valence-corrected chi connectivity index (χ1v) is 6.02. The average molecular weight is 296 g/mol. The molecule has 4 nitrogen and oxygen atoms in total. The SMILES string of the molecule is COc1ccc(C(=O)Nc2ccc(Cl)cc2F)c(O)c1. The smallest absolute Gasteiger partial charge is 0.259 e. The number of rotatable bonds is 3. The normalized spacial score (nSPS) is 10.2. The van der Waals surface area contributed by atoms with Crippen molar-refractivity contribution in [3.63, 3.8) is 0 Å². The highest BCUT2D eigenvalue weighted by molar-refractivity contribution is 6.30. The molecule has 0 heterocycles. The number of hydrogen-bond donors (Lipinski definition) is 2. The Hall–Kier alpha value is -2.27. The van der Waals surface area contributed by atoms with Crippen LogP contribution in [0.25, 0.3) is 0 Å². The van der Waals surface area contributed by atoms with Crippen LogP contribution >= 0.6 is 11.6 Å². The molecule has 0 bridgehead atoms. The van der Waals surface area contributed by atoms with E-state index in [9.17, 15) is 14.3 Å². The molecule has 0 saturated carbocycles. The Morgan fingerprint density at radius 1 is 1.30 bits per heavy atom. The number of phenolic OH excluding ortho intramolecular Hbond substituents is 1. The fourth-order valence-electron chi connectivity index (χ4n) is 1.61. The molecule has 0 aliphatic rings. The number of phenols is 1. The van der Waals surface area contributed by atoms with Crippen molar-refractivity contribution >= 4 is 23.2 Å². The van der Waals surface area contributed by atoms with Crippen LogP contribution in [0.1, 0.15) is 10.4 Å². The molecule has 104 valence electrons. The number of aromatic hydroxyl groups is 1. The van der Waals surface area contributed by atoms with Crippen LogP contribution in [0.3, 0.4) is 0 Å². The van der Waals surface area contributed by atoms with E-state index in [1.165, 1.54) is 37.4 Å². The summed E-state index contributed by atoms with van der Waals surface area (Å²) in [7, 11) is 1.44. The Labute approximate surface area is 119 Å². The number of carbonyl (C=O) groups is 1. The largest absolute Gasteiger partial charge is 0.507 e. The third-order valence-corrected chi connectivity index (χ3v) is 2.86. The summed E-state index contributed by atoms with van der Waals surface area (Å²) >= 11 is 5.62. The van der Waals surface area contributed by atoms with E-state index in [4.69, 9.17) is 16.3 Å². The molecule has 0 radical (unpaired) electrons. The van der Waals surface area contributed by atoms with Gasteiger partial charge in [-0.25, -0.2) is 4.39 Å². The maximum atomic E-state index is 13.6. The molecule has 0 fully saturated rings. The summed E-state index contributed by atoms with van der Waals surface area (Å²) in [5.41, 5.74) is -0.00484. The summed E-state index contributed by atoms with van der Waals surface area (Å²) in [6, 6.07) is 8.09. The minimum absolute atomic E-state index is 0.0140. The van der Waals surface area contributed by atoms with Gasteiger partial charge in [0.05, 0.1) is 18.4 Å². The lowest BCUT2D eigenvalue weighted by Crippen LogP contribution is -2.13. The highest BCUT2D eigenvalue weighted by atomic mass is 35.5. The third kappa shape index (κ3) is 3.00. The lowest BCUT2D eigenvalue weighted by atomic mass is 10.1. The van der Waals surface area contributed by atoms with Gasteiger partial charge in [0, 0.05) is 11.1 Å². The Morgan fingerprint density at radius 2 is 2.05 bits per heavy atom. The fraction of sp³-hybridized carbons (Fsp3) is 0.0714. The standard InChI is InChI=1S/C14H11ClFNO3/c1-20-9-3-4-10(13(18)7-9)14(19)17-12-5-2-8(15)6-11(12)16/h2-7,18H,1H3,(H,17,19). The minimum atomic E-state index is -0.654. The first kappa shape index (κ1) is 14.1. The zero-order valence-electron chi connectivity index (χ0n) is 10.5. The second-order valence-corrected chi connectivity index (χ2v) is 4.40. The molecule has 2 aromatic rings. The predicted octanol–water partition coefficient (Wildman–Crippen LogP) is 3.45. The van der Waals surface area contributed by atoms with E-state index in [2.05, 4.69) is 5.32 Å². The van der Waals surface area contributed by atoms with Crippen molar-refractivity contribution in [2.45, 2.75) is 0 Å². The Bertz CT molecular complexity index is 661. The number of nitrogens with one attached hydrogen (secondary N) is 1. The number of ether oxygens (including phenoxy) is 1. The van der Waals surface area contributed by atoms with Crippen LogP contribution in [-0.4, -0.2) is 18.1 Å². The van der Waals surface area contributed by atoms with Gasteiger partial charge in [-0.1, -0.05) is 11.6 Å². The fourth-order valence-corrected chi connectivity index (χ4v) is 1.77. The van der Waals surface area contributed by atoms with Crippen molar-refractivity contribution in [3.8, 4) is 11.5 Å². The summed E-state index contributed by atoms with van der Waals surface area (Å²) < 4.78 is 18.5. The Balaban J connectivity index is 2.24. The van der Waals surface area contributed by atoms with Crippen LogP contribution in [0.15, 0.2) is 36.4 Å². The molecular weight excluding hydrogens is 285 g/mol. The molecule has 1 amide bonds. The van der Waals surface area contributed by atoms with Gasteiger partial charge in [-0.3, -0.25) is 4.79 Å². The van der Waals surface area contributed by atoms with E-state index in [0.29, 0.717) is 5.75 Å². The molecule has 2 N–H and O–H groups in total. The van der Waals surface area contributed by atoms with E-state index < -0.39 is 11.7 Å². The molecule has 0 unspecified atom stereocenters. The van der Waals surface area contributed by atoms with Gasteiger partial charge in [0.1, 0.15) is 17.3 Å². The molecule has 0 aliphatic heterocycles. The number of benzene rings is 2. The van der Waals surface area contributed by atoms with Crippen LogP contribution in [0.2, 0.25) is 5.02 Å². The quantitative estimate of drug-likeness (QED) is 0.912. The van der Waals surface area contributed by atoms with Crippen molar-refractivity contribution in [2.75, 3.05) is 12.4 Å². The summed E-state index contributed by atoms with van der Waals surface area (Å²) in [4.78, 5) is 12.0. The number of hydrogen-bond acceptors (Lipinski definition) is 3. The molecule has 0 saturated heterocycles. The molecule has 0 spiro atoms. The van der Waals surface area contributed by atoms with Gasteiger partial charge in [0.2, 0.25) is 0 Å². The summed E-state index contributed by atoms with van der Waals surface area (Å²) in [5, 5.41) is 12.3. The maximum Gasteiger partial charge on any atom is 0.259 e. The van der Waals surface area contributed by atoms with Gasteiger partial charge in [-0.15, -0.1) is 0 Å². The first-order chi connectivity index (χ1) is 9.51. The Morgan fingerprint density at radius 3 is 2.65 bits per heavy atom. The molecule has 20 heavy (non-hydrogen) atoms. The monoisotopic (exact) mass is 295 g/mol. The minimum Gasteiger partial charge on any atom is -0.507 e. The summed E-state index contributed by atoms with van der Waals surface area (Å²) in [6.45, 7) is 0. The second-order valence-electron chi connectivity index (χ2n) is 3.96. The number of anilines is 1. The van der Waals surface area contributed by atoms with Crippen LogP contribution in [-0.2, 0) is 0 Å². The van der Waals surface area contributed by atoms with Gasteiger partial charge in [-0.2, -0.15) is 0 Å². The van der Waals surface area contributed by atoms with Gasteiger partial charge < -0.3 is 15.2 Å². The lowest BCUT2D eigenvalue weighted by molar-refractivity contribution is 0.102. The van der Waals surface area contributed by atoms with Crippen molar-refractivity contribution in [1.29, 1.82) is 0 Å². The zero-order valence-corrected chi connectivity index (χ0v) is 11.2. The van der Waals surface area contributed by atoms with Crippen molar-refractivity contribution in [3.05, 3.63) is 52.8 Å². The second kappa shape index (κ2) is 5.79. The maximum absolute atomic E-state index is 13.6. The van der Waals surface area contributed by atoms with Crippen molar-refractivity contribution < 1.29 is 19.0 Å². The van der Waals surface area contributed by atoms with E-state index in [-0.39, 0.29) is 22.0 Å². The van der Waals surface area contributed by atoms with E-state index in [0.717, 1.165) is 6.07 Å². The predicted molar refractivity (Wildman–Crippen MR) is 74.0 cm³/mol. The highest BCUT2D eigenvalue weighted by Gasteiger charge is 2.14.